The predicted molar refractivity (Wildman–Crippen MR) is 40.1 cm³/mol. The Labute approximate surface area is 57.4 Å². The van der Waals surface area contributed by atoms with E-state index < -0.39 is 0 Å². The maximum atomic E-state index is 8.39. The first-order chi connectivity index (χ1) is 4.41. The molecule has 0 spiro atoms. The number of hydrogen-bond acceptors (Lipinski definition) is 1. The van der Waals surface area contributed by atoms with Gasteiger partial charge in [0.15, 0.2) is 0 Å². The lowest BCUT2D eigenvalue weighted by Crippen LogP contribution is -1.81. The van der Waals surface area contributed by atoms with E-state index in [-0.39, 0.29) is 0 Å². The molecule has 53 valence electrons. The van der Waals surface area contributed by atoms with Crippen molar-refractivity contribution < 1.29 is 5.11 Å². The molecule has 0 rings (SSSR count). The van der Waals surface area contributed by atoms with Crippen molar-refractivity contribution in [3.05, 3.63) is 19.1 Å². The van der Waals surface area contributed by atoms with Gasteiger partial charge in [0.05, 0.1) is 0 Å². The lowest BCUT2D eigenvalue weighted by molar-refractivity contribution is 0.283. The summed E-state index contributed by atoms with van der Waals surface area (Å²) < 4.78 is 0. The van der Waals surface area contributed by atoms with Gasteiger partial charge in [-0.1, -0.05) is 18.6 Å². The van der Waals surface area contributed by atoms with E-state index in [2.05, 4.69) is 13.0 Å². The lowest BCUT2D eigenvalue weighted by Gasteiger charge is -1.92. The van der Waals surface area contributed by atoms with Crippen molar-refractivity contribution in [1.29, 1.82) is 0 Å². The SMILES string of the molecule is [CH2]C=CCCCCCO. The summed E-state index contributed by atoms with van der Waals surface area (Å²) in [7, 11) is 0. The average Bonchev–Trinajstić information content (AvgIpc) is 1.89. The molecule has 0 aliphatic heterocycles. The highest BCUT2D eigenvalue weighted by Gasteiger charge is 1.82. The van der Waals surface area contributed by atoms with Crippen molar-refractivity contribution in [2.75, 3.05) is 6.61 Å². The van der Waals surface area contributed by atoms with Gasteiger partial charge in [-0.3, -0.25) is 0 Å². The van der Waals surface area contributed by atoms with Crippen molar-refractivity contribution in [2.24, 2.45) is 0 Å². The molecule has 0 aliphatic rings. The van der Waals surface area contributed by atoms with Crippen LogP contribution in [-0.4, -0.2) is 11.7 Å². The molecule has 0 aromatic rings. The van der Waals surface area contributed by atoms with Crippen LogP contribution in [0.25, 0.3) is 0 Å². The first-order valence-electron chi connectivity index (χ1n) is 3.47. The van der Waals surface area contributed by atoms with Gasteiger partial charge in [-0.05, 0) is 26.2 Å². The Balaban J connectivity index is 2.75. The Hall–Kier alpha value is -0.300. The number of aliphatic hydroxyl groups is 1. The van der Waals surface area contributed by atoms with E-state index in [4.69, 9.17) is 5.11 Å². The molecule has 1 radical (unpaired) electrons. The predicted octanol–water partition coefficient (Wildman–Crippen LogP) is 1.93. The molecule has 0 aromatic heterocycles. The van der Waals surface area contributed by atoms with Gasteiger partial charge in [0.2, 0.25) is 0 Å². The highest BCUT2D eigenvalue weighted by molar-refractivity contribution is 4.83. The van der Waals surface area contributed by atoms with Crippen molar-refractivity contribution in [3.8, 4) is 0 Å². The van der Waals surface area contributed by atoms with E-state index in [0.717, 1.165) is 19.3 Å². The third-order valence-electron chi connectivity index (χ3n) is 1.20. The van der Waals surface area contributed by atoms with Gasteiger partial charge in [0.1, 0.15) is 0 Å². The zero-order valence-electron chi connectivity index (χ0n) is 5.84. The highest BCUT2D eigenvalue weighted by atomic mass is 16.2. The Kier molecular flexibility index (Phi) is 7.44. The molecule has 0 atom stereocenters. The van der Waals surface area contributed by atoms with Gasteiger partial charge in [0.25, 0.3) is 0 Å². The van der Waals surface area contributed by atoms with Gasteiger partial charge in [-0.2, -0.15) is 0 Å². The quantitative estimate of drug-likeness (QED) is 0.559. The van der Waals surface area contributed by atoms with Crippen molar-refractivity contribution in [3.63, 3.8) is 0 Å². The summed E-state index contributed by atoms with van der Waals surface area (Å²) in [6.07, 6.45) is 8.21. The topological polar surface area (TPSA) is 20.2 Å². The normalized spacial score (nSPS) is 10.9. The molecule has 0 bridgehead atoms. The number of hydrogen-bond donors (Lipinski definition) is 1. The van der Waals surface area contributed by atoms with Crippen LogP contribution in [0.1, 0.15) is 25.7 Å². The fourth-order valence-corrected chi connectivity index (χ4v) is 0.669. The Morgan fingerprint density at radius 3 is 2.56 bits per heavy atom. The third-order valence-corrected chi connectivity index (χ3v) is 1.20. The van der Waals surface area contributed by atoms with Crippen LogP contribution >= 0.6 is 0 Å². The minimum atomic E-state index is 0.327. The molecule has 1 heteroatoms. The molecule has 0 fully saturated rings. The molecule has 0 saturated carbocycles. The van der Waals surface area contributed by atoms with E-state index in [1.165, 1.54) is 6.42 Å². The molecule has 0 heterocycles. The summed E-state index contributed by atoms with van der Waals surface area (Å²) in [5, 5.41) is 8.39. The first-order valence-corrected chi connectivity index (χ1v) is 3.47. The molecule has 9 heavy (non-hydrogen) atoms. The van der Waals surface area contributed by atoms with Crippen LogP contribution in [0.3, 0.4) is 0 Å². The van der Waals surface area contributed by atoms with Crippen LogP contribution < -0.4 is 0 Å². The molecular formula is C8H15O. The zero-order chi connectivity index (χ0) is 6.95. The van der Waals surface area contributed by atoms with Crippen LogP contribution in [0, 0.1) is 6.92 Å². The third kappa shape index (κ3) is 7.70. The molecular weight excluding hydrogens is 112 g/mol. The second-order valence-corrected chi connectivity index (χ2v) is 2.04. The number of allylic oxidation sites excluding steroid dienone is 2. The fourth-order valence-electron chi connectivity index (χ4n) is 0.669. The van der Waals surface area contributed by atoms with E-state index in [1.807, 2.05) is 6.08 Å². The standard InChI is InChI=1S/C8H15O/c1-2-3-4-5-6-7-8-9/h2-3,9H,1,4-8H2. The van der Waals surface area contributed by atoms with Crippen molar-refractivity contribution in [1.82, 2.24) is 0 Å². The summed E-state index contributed by atoms with van der Waals surface area (Å²) in [6, 6.07) is 0. The van der Waals surface area contributed by atoms with Crippen LogP contribution in [0.5, 0.6) is 0 Å². The van der Waals surface area contributed by atoms with Gasteiger partial charge in [-0.25, -0.2) is 0 Å². The van der Waals surface area contributed by atoms with Crippen LogP contribution in [-0.2, 0) is 0 Å². The van der Waals surface area contributed by atoms with E-state index in [0.29, 0.717) is 6.61 Å². The number of unbranched alkanes of at least 4 members (excludes halogenated alkanes) is 3. The average molecular weight is 127 g/mol. The van der Waals surface area contributed by atoms with Gasteiger partial charge in [-0.15, -0.1) is 0 Å². The Bertz CT molecular complexity index is 67.0. The molecule has 1 nitrogen and oxygen atoms in total. The molecule has 0 amide bonds. The van der Waals surface area contributed by atoms with Crippen LogP contribution in [0.15, 0.2) is 12.2 Å². The van der Waals surface area contributed by atoms with Gasteiger partial charge < -0.3 is 5.11 Å². The number of rotatable bonds is 5. The molecule has 1 N–H and O–H groups in total. The maximum Gasteiger partial charge on any atom is 0.0431 e. The van der Waals surface area contributed by atoms with Crippen molar-refractivity contribution >= 4 is 0 Å². The first kappa shape index (κ1) is 8.70. The van der Waals surface area contributed by atoms with Gasteiger partial charge in [0, 0.05) is 6.61 Å². The molecule has 0 saturated heterocycles. The zero-order valence-corrected chi connectivity index (χ0v) is 5.84. The van der Waals surface area contributed by atoms with Crippen LogP contribution in [0.2, 0.25) is 0 Å². The fraction of sp³-hybridized carbons (Fsp3) is 0.625. The number of aliphatic hydroxyl groups excluding tert-OH is 1. The summed E-state index contributed by atoms with van der Waals surface area (Å²) in [5.41, 5.74) is 0. The van der Waals surface area contributed by atoms with Gasteiger partial charge >= 0.3 is 0 Å². The Morgan fingerprint density at radius 2 is 2.00 bits per heavy atom. The molecule has 0 aromatic carbocycles. The van der Waals surface area contributed by atoms with Crippen molar-refractivity contribution in [2.45, 2.75) is 25.7 Å². The largest absolute Gasteiger partial charge is 0.396 e. The lowest BCUT2D eigenvalue weighted by atomic mass is 10.2. The smallest absolute Gasteiger partial charge is 0.0431 e. The minimum absolute atomic E-state index is 0.327. The molecule has 0 aliphatic carbocycles. The minimum Gasteiger partial charge on any atom is -0.396 e. The van der Waals surface area contributed by atoms with E-state index in [9.17, 15) is 0 Å². The summed E-state index contributed by atoms with van der Waals surface area (Å²) >= 11 is 0. The second kappa shape index (κ2) is 7.70. The van der Waals surface area contributed by atoms with Crippen LogP contribution in [0.4, 0.5) is 0 Å². The summed E-state index contributed by atoms with van der Waals surface area (Å²) in [5.74, 6) is 0. The Morgan fingerprint density at radius 1 is 1.22 bits per heavy atom. The molecule has 0 unspecified atom stereocenters. The highest BCUT2D eigenvalue weighted by Crippen LogP contribution is 1.98. The van der Waals surface area contributed by atoms with E-state index in [1.54, 1.807) is 0 Å². The monoisotopic (exact) mass is 127 g/mol. The summed E-state index contributed by atoms with van der Waals surface area (Å²) in [6.45, 7) is 3.90. The van der Waals surface area contributed by atoms with E-state index >= 15 is 0 Å². The second-order valence-electron chi connectivity index (χ2n) is 2.04. The summed E-state index contributed by atoms with van der Waals surface area (Å²) in [4.78, 5) is 0. The maximum absolute atomic E-state index is 8.39.